The van der Waals surface area contributed by atoms with Crippen LogP contribution in [0.3, 0.4) is 0 Å². The van der Waals surface area contributed by atoms with Gasteiger partial charge in [0, 0.05) is 0 Å². The fraction of sp³-hybridized carbons (Fsp3) is 0.308. The Morgan fingerprint density at radius 2 is 2.12 bits per heavy atom. The highest BCUT2D eigenvalue weighted by Gasteiger charge is 2.03. The molecular weight excluding hydrogens is 204 g/mol. The molecule has 16 heavy (non-hydrogen) atoms. The molecule has 1 aromatic carbocycles. The van der Waals surface area contributed by atoms with Crippen LogP contribution in [0, 0.1) is 0 Å². The minimum absolute atomic E-state index is 0.385. The van der Waals surface area contributed by atoms with E-state index in [9.17, 15) is 4.79 Å². The van der Waals surface area contributed by atoms with Crippen molar-refractivity contribution in [2.45, 2.75) is 26.7 Å². The lowest BCUT2D eigenvalue weighted by atomic mass is 10.1. The minimum atomic E-state index is -0.995. The van der Waals surface area contributed by atoms with Gasteiger partial charge in [-0.1, -0.05) is 31.5 Å². The van der Waals surface area contributed by atoms with E-state index in [2.05, 4.69) is 6.92 Å². The summed E-state index contributed by atoms with van der Waals surface area (Å²) >= 11 is 0. The number of hydrogen-bond donors (Lipinski definition) is 1. The molecule has 0 heterocycles. The van der Waals surface area contributed by atoms with Gasteiger partial charge in [-0.2, -0.15) is 0 Å². The molecule has 1 aromatic rings. The van der Waals surface area contributed by atoms with Crippen molar-refractivity contribution in [3.63, 3.8) is 0 Å². The highest BCUT2D eigenvalue weighted by Crippen LogP contribution is 2.21. The number of allylic oxidation sites excluding steroid dienone is 1. The Kier molecular flexibility index (Phi) is 4.58. The number of ether oxygens (including phenoxy) is 1. The van der Waals surface area contributed by atoms with Crippen molar-refractivity contribution in [1.29, 1.82) is 0 Å². The summed E-state index contributed by atoms with van der Waals surface area (Å²) in [4.78, 5) is 10.5. The first kappa shape index (κ1) is 12.3. The largest absolute Gasteiger partial charge is 0.478 e. The van der Waals surface area contributed by atoms with E-state index in [1.165, 1.54) is 0 Å². The molecule has 0 saturated carbocycles. The number of carboxylic acids is 1. The molecule has 1 N–H and O–H groups in total. The fourth-order valence-electron chi connectivity index (χ4n) is 1.46. The van der Waals surface area contributed by atoms with E-state index in [0.29, 0.717) is 5.76 Å². The molecule has 3 heteroatoms. The number of aliphatic carboxylic acids is 1. The van der Waals surface area contributed by atoms with Gasteiger partial charge in [0.2, 0.25) is 0 Å². The summed E-state index contributed by atoms with van der Waals surface area (Å²) in [6.45, 7) is 3.73. The van der Waals surface area contributed by atoms with Gasteiger partial charge < -0.3 is 9.84 Å². The number of benzene rings is 1. The van der Waals surface area contributed by atoms with Crippen LogP contribution in [0.25, 0.3) is 0 Å². The van der Waals surface area contributed by atoms with E-state index in [4.69, 9.17) is 9.84 Å². The highest BCUT2D eigenvalue weighted by atomic mass is 16.5. The third-order valence-corrected chi connectivity index (χ3v) is 2.09. The number of para-hydroxylation sites is 1. The predicted molar refractivity (Wildman–Crippen MR) is 62.5 cm³/mol. The number of hydrogen-bond acceptors (Lipinski definition) is 2. The van der Waals surface area contributed by atoms with Gasteiger partial charge in [0.1, 0.15) is 11.5 Å². The molecule has 0 fully saturated rings. The monoisotopic (exact) mass is 220 g/mol. The van der Waals surface area contributed by atoms with Crippen LogP contribution in [0.5, 0.6) is 5.75 Å². The summed E-state index contributed by atoms with van der Waals surface area (Å²) in [7, 11) is 0. The van der Waals surface area contributed by atoms with Crippen LogP contribution in [0.2, 0.25) is 0 Å². The summed E-state index contributed by atoms with van der Waals surface area (Å²) in [6.07, 6.45) is 3.02. The first-order chi connectivity index (χ1) is 7.63. The van der Waals surface area contributed by atoms with Crippen molar-refractivity contribution in [2.24, 2.45) is 0 Å². The Morgan fingerprint density at radius 3 is 2.75 bits per heavy atom. The maximum Gasteiger partial charge on any atom is 0.331 e. The first-order valence-electron chi connectivity index (χ1n) is 5.30. The molecule has 3 nitrogen and oxygen atoms in total. The van der Waals surface area contributed by atoms with Crippen LogP contribution in [0.1, 0.15) is 25.8 Å². The quantitative estimate of drug-likeness (QED) is 0.613. The Bertz CT molecular complexity index is 394. The second-order valence-corrected chi connectivity index (χ2v) is 3.55. The first-order valence-corrected chi connectivity index (χ1v) is 5.30. The Hall–Kier alpha value is -1.77. The van der Waals surface area contributed by atoms with Crippen LogP contribution < -0.4 is 4.74 Å². The van der Waals surface area contributed by atoms with Crippen LogP contribution in [-0.2, 0) is 11.2 Å². The number of carbonyl (C=O) groups is 1. The molecule has 0 aromatic heterocycles. The zero-order valence-corrected chi connectivity index (χ0v) is 9.56. The molecule has 1 rings (SSSR count). The molecular formula is C13H16O3. The molecule has 0 bridgehead atoms. The predicted octanol–water partition coefficient (Wildman–Crippen LogP) is 3.01. The molecule has 0 spiro atoms. The average molecular weight is 220 g/mol. The van der Waals surface area contributed by atoms with Crippen molar-refractivity contribution < 1.29 is 14.6 Å². The maximum absolute atomic E-state index is 10.5. The SMILES string of the molecule is CCCc1ccccc1O/C(C)=C/C(=O)O. The molecule has 0 aliphatic rings. The smallest absolute Gasteiger partial charge is 0.331 e. The van der Waals surface area contributed by atoms with Crippen LogP contribution in [-0.4, -0.2) is 11.1 Å². The summed E-state index contributed by atoms with van der Waals surface area (Å²) in [5.41, 5.74) is 1.10. The number of carboxylic acid groups (broad SMARTS) is 1. The van der Waals surface area contributed by atoms with E-state index in [1.54, 1.807) is 6.92 Å². The van der Waals surface area contributed by atoms with Crippen LogP contribution >= 0.6 is 0 Å². The van der Waals surface area contributed by atoms with Crippen molar-refractivity contribution >= 4 is 5.97 Å². The Morgan fingerprint density at radius 1 is 1.44 bits per heavy atom. The standard InChI is InChI=1S/C13H16O3/c1-3-6-11-7-4-5-8-12(11)16-10(2)9-13(14)15/h4-5,7-9H,3,6H2,1-2H3,(H,14,15)/b10-9+. The van der Waals surface area contributed by atoms with Crippen LogP contribution in [0.4, 0.5) is 0 Å². The van der Waals surface area contributed by atoms with Gasteiger partial charge in [0.25, 0.3) is 0 Å². The zero-order valence-electron chi connectivity index (χ0n) is 9.56. The third-order valence-electron chi connectivity index (χ3n) is 2.09. The highest BCUT2D eigenvalue weighted by molar-refractivity contribution is 5.80. The molecule has 0 aliphatic heterocycles. The third kappa shape index (κ3) is 3.77. The van der Waals surface area contributed by atoms with E-state index >= 15 is 0 Å². The molecule has 0 amide bonds. The van der Waals surface area contributed by atoms with Crippen molar-refractivity contribution in [1.82, 2.24) is 0 Å². The summed E-state index contributed by atoms with van der Waals surface area (Å²) in [5.74, 6) is 0.126. The summed E-state index contributed by atoms with van der Waals surface area (Å²) in [5, 5.41) is 8.58. The van der Waals surface area contributed by atoms with E-state index in [0.717, 1.165) is 30.2 Å². The molecule has 0 saturated heterocycles. The van der Waals surface area contributed by atoms with Gasteiger partial charge in [0.15, 0.2) is 0 Å². The van der Waals surface area contributed by atoms with Crippen molar-refractivity contribution in [3.05, 3.63) is 41.7 Å². The second kappa shape index (κ2) is 5.95. The van der Waals surface area contributed by atoms with Crippen LogP contribution in [0.15, 0.2) is 36.1 Å². The van der Waals surface area contributed by atoms with Gasteiger partial charge in [0.05, 0.1) is 6.08 Å². The van der Waals surface area contributed by atoms with E-state index < -0.39 is 5.97 Å². The van der Waals surface area contributed by atoms with E-state index in [-0.39, 0.29) is 0 Å². The molecule has 0 unspecified atom stereocenters. The van der Waals surface area contributed by atoms with Gasteiger partial charge in [-0.15, -0.1) is 0 Å². The van der Waals surface area contributed by atoms with Gasteiger partial charge in [-0.3, -0.25) is 0 Å². The minimum Gasteiger partial charge on any atom is -0.478 e. The zero-order chi connectivity index (χ0) is 12.0. The lowest BCUT2D eigenvalue weighted by molar-refractivity contribution is -0.131. The molecule has 0 radical (unpaired) electrons. The topological polar surface area (TPSA) is 46.5 Å². The molecule has 86 valence electrons. The Labute approximate surface area is 95.4 Å². The number of aryl methyl sites for hydroxylation is 1. The van der Waals surface area contributed by atoms with Crippen molar-refractivity contribution in [2.75, 3.05) is 0 Å². The van der Waals surface area contributed by atoms with Crippen molar-refractivity contribution in [3.8, 4) is 5.75 Å². The average Bonchev–Trinajstić information content (AvgIpc) is 2.20. The van der Waals surface area contributed by atoms with E-state index in [1.807, 2.05) is 24.3 Å². The second-order valence-electron chi connectivity index (χ2n) is 3.55. The molecule has 0 atom stereocenters. The fourth-order valence-corrected chi connectivity index (χ4v) is 1.46. The summed E-state index contributed by atoms with van der Waals surface area (Å²) < 4.78 is 5.49. The maximum atomic E-state index is 10.5. The lowest BCUT2D eigenvalue weighted by Crippen LogP contribution is -1.98. The van der Waals surface area contributed by atoms with Gasteiger partial charge in [-0.05, 0) is 25.0 Å². The van der Waals surface area contributed by atoms with Gasteiger partial charge in [-0.25, -0.2) is 4.79 Å². The Balaban J connectivity index is 2.83. The summed E-state index contributed by atoms with van der Waals surface area (Å²) in [6, 6.07) is 7.67. The lowest BCUT2D eigenvalue weighted by Gasteiger charge is -2.10. The van der Waals surface area contributed by atoms with Gasteiger partial charge >= 0.3 is 5.97 Å². The normalized spacial score (nSPS) is 11.2. The molecule has 0 aliphatic carbocycles. The number of rotatable bonds is 5.